The predicted octanol–water partition coefficient (Wildman–Crippen LogP) is 1.15. The average molecular weight is 306 g/mol. The summed E-state index contributed by atoms with van der Waals surface area (Å²) in [4.78, 5) is 18.3. The van der Waals surface area contributed by atoms with Gasteiger partial charge in [0, 0.05) is 35.8 Å². The van der Waals surface area contributed by atoms with Crippen molar-refractivity contribution in [2.24, 2.45) is 10.7 Å². The average Bonchev–Trinajstić information content (AvgIpc) is 2.48. The van der Waals surface area contributed by atoms with Crippen LogP contribution in [0.3, 0.4) is 0 Å². The third-order valence-electron chi connectivity index (χ3n) is 3.44. The van der Waals surface area contributed by atoms with E-state index in [9.17, 15) is 4.79 Å². The van der Waals surface area contributed by atoms with Gasteiger partial charge in [-0.05, 0) is 18.2 Å². The molecule has 1 saturated heterocycles. The highest BCUT2D eigenvalue weighted by Crippen LogP contribution is 2.26. The van der Waals surface area contributed by atoms with Crippen molar-refractivity contribution in [1.82, 2.24) is 4.90 Å². The molecule has 2 heterocycles. The first-order valence-electron chi connectivity index (χ1n) is 6.90. The number of hydrogen-bond acceptors (Lipinski definition) is 6. The van der Waals surface area contributed by atoms with Crippen molar-refractivity contribution in [3.05, 3.63) is 23.8 Å². The zero-order chi connectivity index (χ0) is 14.7. The fourth-order valence-corrected chi connectivity index (χ4v) is 3.33. The van der Waals surface area contributed by atoms with Crippen molar-refractivity contribution in [3.8, 4) is 0 Å². The molecule has 21 heavy (non-hydrogen) atoms. The first-order valence-corrected chi connectivity index (χ1v) is 8.06. The summed E-state index contributed by atoms with van der Waals surface area (Å²) in [7, 11) is 0. The minimum absolute atomic E-state index is 0.0154. The number of nitrogens with one attached hydrogen (secondary N) is 1. The number of amidine groups is 1. The smallest absolute Gasteiger partial charge is 0.287 e. The highest BCUT2D eigenvalue weighted by atomic mass is 32.2. The fraction of sp³-hybridized carbons (Fsp3) is 0.429. The molecule has 1 amide bonds. The molecule has 2 aliphatic rings. The Morgan fingerprint density at radius 3 is 3.05 bits per heavy atom. The van der Waals surface area contributed by atoms with E-state index in [0.29, 0.717) is 13.2 Å². The van der Waals surface area contributed by atoms with Gasteiger partial charge in [0.2, 0.25) is 5.91 Å². The highest BCUT2D eigenvalue weighted by molar-refractivity contribution is 7.99. The van der Waals surface area contributed by atoms with Crippen molar-refractivity contribution >= 4 is 35.1 Å². The quantitative estimate of drug-likeness (QED) is 0.875. The molecule has 0 atom stereocenters. The van der Waals surface area contributed by atoms with Gasteiger partial charge in [0.15, 0.2) is 0 Å². The number of benzene rings is 1. The summed E-state index contributed by atoms with van der Waals surface area (Å²) in [5, 5.41) is 2.93. The number of thioether (sulfide) groups is 1. The van der Waals surface area contributed by atoms with E-state index < -0.39 is 0 Å². The van der Waals surface area contributed by atoms with Gasteiger partial charge in [0.25, 0.3) is 6.02 Å². The normalized spacial score (nSPS) is 18.4. The van der Waals surface area contributed by atoms with Gasteiger partial charge >= 0.3 is 0 Å². The number of anilines is 1. The van der Waals surface area contributed by atoms with E-state index in [-0.39, 0.29) is 11.9 Å². The summed E-state index contributed by atoms with van der Waals surface area (Å²) in [6, 6.07) is 5.75. The Kier molecular flexibility index (Phi) is 4.31. The molecule has 0 unspecified atom stereocenters. The molecule has 2 aliphatic heterocycles. The molecule has 112 valence electrons. The molecule has 1 fully saturated rings. The summed E-state index contributed by atoms with van der Waals surface area (Å²) in [5.41, 5.74) is 8.01. The van der Waals surface area contributed by atoms with Gasteiger partial charge in [-0.15, -0.1) is 0 Å². The van der Waals surface area contributed by atoms with Crippen LogP contribution in [0.5, 0.6) is 0 Å². The molecule has 0 aliphatic carbocycles. The second-order valence-corrected chi connectivity index (χ2v) is 6.24. The van der Waals surface area contributed by atoms with Crippen molar-refractivity contribution in [1.29, 1.82) is 0 Å². The van der Waals surface area contributed by atoms with E-state index in [2.05, 4.69) is 15.2 Å². The van der Waals surface area contributed by atoms with Crippen molar-refractivity contribution in [2.75, 3.05) is 36.5 Å². The number of nitrogens with zero attached hydrogens (tertiary/aromatic N) is 2. The topological polar surface area (TPSA) is 79.9 Å². The second kappa shape index (κ2) is 6.36. The molecule has 0 spiro atoms. The summed E-state index contributed by atoms with van der Waals surface area (Å²) in [6.07, 6.45) is 0. The zero-order valence-corrected chi connectivity index (χ0v) is 12.5. The van der Waals surface area contributed by atoms with Gasteiger partial charge in [-0.3, -0.25) is 9.69 Å². The van der Waals surface area contributed by atoms with Gasteiger partial charge in [-0.2, -0.15) is 16.8 Å². The second-order valence-electron chi connectivity index (χ2n) is 5.02. The number of rotatable bonds is 3. The molecule has 0 aromatic heterocycles. The van der Waals surface area contributed by atoms with E-state index in [1.165, 1.54) is 0 Å². The highest BCUT2D eigenvalue weighted by Gasteiger charge is 2.15. The molecule has 7 heteroatoms. The first-order chi connectivity index (χ1) is 10.2. The molecule has 3 rings (SSSR count). The fourth-order valence-electron chi connectivity index (χ4n) is 2.35. The molecule has 0 saturated carbocycles. The largest absolute Gasteiger partial charge is 0.460 e. The van der Waals surface area contributed by atoms with E-state index in [0.717, 1.165) is 41.5 Å². The van der Waals surface area contributed by atoms with Crippen LogP contribution in [0.15, 0.2) is 23.2 Å². The predicted molar refractivity (Wildman–Crippen MR) is 84.9 cm³/mol. The number of ether oxygens (including phenoxy) is 1. The first kappa shape index (κ1) is 14.2. The van der Waals surface area contributed by atoms with Gasteiger partial charge in [0.05, 0.1) is 12.2 Å². The minimum atomic E-state index is 0.0154. The Labute approximate surface area is 127 Å². The maximum Gasteiger partial charge on any atom is 0.287 e. The standard InChI is InChI=1S/C14H18N4O2S/c15-14-17-12-2-1-11(7-10(12)9-20-14)16-13(19)8-18-3-5-21-6-4-18/h1-2,7H,3-6,8-9H2,(H2,15,17)(H,16,19). The number of carbonyl (C=O) groups excluding carboxylic acids is 1. The van der Waals surface area contributed by atoms with Crippen LogP contribution in [0.4, 0.5) is 11.4 Å². The Bertz CT molecular complexity index is 570. The van der Waals surface area contributed by atoms with Crippen LogP contribution in [0.1, 0.15) is 5.56 Å². The van der Waals surface area contributed by atoms with Crippen molar-refractivity contribution < 1.29 is 9.53 Å². The lowest BCUT2D eigenvalue weighted by molar-refractivity contribution is -0.117. The maximum atomic E-state index is 12.1. The summed E-state index contributed by atoms with van der Waals surface area (Å²) in [5.74, 6) is 2.22. The lowest BCUT2D eigenvalue weighted by Crippen LogP contribution is -2.38. The van der Waals surface area contributed by atoms with E-state index >= 15 is 0 Å². The van der Waals surface area contributed by atoms with Crippen LogP contribution in [0.25, 0.3) is 0 Å². The van der Waals surface area contributed by atoms with Gasteiger partial charge in [-0.25, -0.2) is 0 Å². The van der Waals surface area contributed by atoms with Gasteiger partial charge in [0.1, 0.15) is 6.61 Å². The third kappa shape index (κ3) is 3.68. The Balaban J connectivity index is 1.61. The van der Waals surface area contributed by atoms with Crippen LogP contribution in [0, 0.1) is 0 Å². The Hall–Kier alpha value is -1.73. The number of carbonyl (C=O) groups is 1. The van der Waals surface area contributed by atoms with E-state index in [4.69, 9.17) is 10.5 Å². The molecule has 6 nitrogen and oxygen atoms in total. The van der Waals surface area contributed by atoms with Gasteiger partial charge < -0.3 is 15.8 Å². The lowest BCUT2D eigenvalue weighted by atomic mass is 10.1. The number of fused-ring (bicyclic) bond motifs is 1. The molecular formula is C14H18N4O2S. The number of hydrogen-bond donors (Lipinski definition) is 2. The van der Waals surface area contributed by atoms with Crippen molar-refractivity contribution in [2.45, 2.75) is 6.61 Å². The van der Waals surface area contributed by atoms with Crippen LogP contribution in [-0.2, 0) is 16.1 Å². The third-order valence-corrected chi connectivity index (χ3v) is 4.38. The summed E-state index contributed by atoms with van der Waals surface area (Å²) in [6.45, 7) is 2.78. The Morgan fingerprint density at radius 2 is 2.24 bits per heavy atom. The van der Waals surface area contributed by atoms with E-state index in [1.807, 2.05) is 30.0 Å². The molecule has 0 radical (unpaired) electrons. The lowest BCUT2D eigenvalue weighted by Gasteiger charge is -2.25. The molecule has 0 bridgehead atoms. The number of aliphatic imine (C=N–C) groups is 1. The summed E-state index contributed by atoms with van der Waals surface area (Å²) < 4.78 is 5.19. The van der Waals surface area contributed by atoms with Crippen LogP contribution < -0.4 is 11.1 Å². The summed E-state index contributed by atoms with van der Waals surface area (Å²) >= 11 is 1.94. The number of nitrogens with two attached hydrogens (primary N) is 1. The zero-order valence-electron chi connectivity index (χ0n) is 11.7. The van der Waals surface area contributed by atoms with Crippen molar-refractivity contribution in [3.63, 3.8) is 0 Å². The molecular weight excluding hydrogens is 288 g/mol. The van der Waals surface area contributed by atoms with Crippen LogP contribution in [0.2, 0.25) is 0 Å². The molecule has 1 aromatic rings. The SMILES string of the molecule is NC1=Nc2ccc(NC(=O)CN3CCSCC3)cc2CO1. The van der Waals surface area contributed by atoms with Crippen LogP contribution in [-0.4, -0.2) is 48.0 Å². The van der Waals surface area contributed by atoms with Crippen LogP contribution >= 0.6 is 11.8 Å². The monoisotopic (exact) mass is 306 g/mol. The maximum absolute atomic E-state index is 12.1. The molecule has 3 N–H and O–H groups in total. The number of amides is 1. The molecule has 1 aromatic carbocycles. The van der Waals surface area contributed by atoms with Gasteiger partial charge in [-0.1, -0.05) is 0 Å². The minimum Gasteiger partial charge on any atom is -0.460 e. The Morgan fingerprint density at radius 1 is 1.43 bits per heavy atom. The van der Waals surface area contributed by atoms with E-state index in [1.54, 1.807) is 0 Å².